The second-order valence-electron chi connectivity index (χ2n) is 2.95. The molecule has 0 spiro atoms. The molecule has 0 saturated heterocycles. The fourth-order valence-electron chi connectivity index (χ4n) is 0.433. The second kappa shape index (κ2) is 7.48. The van der Waals surface area contributed by atoms with Crippen LogP contribution in [0.3, 0.4) is 0 Å². The van der Waals surface area contributed by atoms with Gasteiger partial charge in [0.1, 0.15) is 0 Å². The highest BCUT2D eigenvalue weighted by Gasteiger charge is 2.49. The van der Waals surface area contributed by atoms with Crippen molar-refractivity contribution >= 4 is 14.0 Å². The summed E-state index contributed by atoms with van der Waals surface area (Å²) in [6, 6.07) is 0. The van der Waals surface area contributed by atoms with Crippen LogP contribution in [0.5, 0.6) is 0 Å². The molecule has 88 valence electrons. The average Bonchev–Trinajstić information content (AvgIpc) is 2.15. The van der Waals surface area contributed by atoms with Crippen LogP contribution >= 0.6 is 8.03 Å². The Morgan fingerprint density at radius 3 is 2.00 bits per heavy atom. The summed E-state index contributed by atoms with van der Waals surface area (Å²) in [5.41, 5.74) is 0. The highest BCUT2D eigenvalue weighted by atomic mass is 31.1. The number of carboxylic acids is 1. The molecule has 0 heterocycles. The zero-order valence-corrected chi connectivity index (χ0v) is 9.90. The fraction of sp³-hybridized carbons (Fsp3) is 0.625. The minimum atomic E-state index is -3.00. The lowest BCUT2D eigenvalue weighted by Crippen LogP contribution is -2.47. The Morgan fingerprint density at radius 2 is 2.00 bits per heavy atom. The normalized spacial score (nSPS) is 14.7. The molecule has 2 unspecified atom stereocenters. The summed E-state index contributed by atoms with van der Waals surface area (Å²) in [5.74, 6) is -1.36. The van der Waals surface area contributed by atoms with E-state index in [0.29, 0.717) is 0 Å². The Kier molecular flexibility index (Phi) is 8.28. The molecule has 0 amide bonds. The third-order valence-electron chi connectivity index (χ3n) is 1.76. The molecule has 0 saturated carbocycles. The van der Waals surface area contributed by atoms with Gasteiger partial charge in [-0.25, -0.2) is 4.79 Å². The standard InChI is InChI=1S/C5H10NO4P.C3H6O/c1-5(4(7)8,6(2)3)11(9)10;1-2-3-4/h1-3H3,(H,7,8);2,4H,1,3H2. The molecular formula is C8H16NO5P. The minimum absolute atomic E-state index is 0.0833. The predicted molar refractivity (Wildman–Crippen MR) is 54.6 cm³/mol. The molecule has 7 heteroatoms. The number of aliphatic hydroxyl groups is 1. The molecule has 0 fully saturated rings. The van der Waals surface area contributed by atoms with Crippen LogP contribution in [-0.2, 0) is 9.36 Å². The number of carbonyl (C=O) groups is 1. The number of rotatable bonds is 4. The summed E-state index contributed by atoms with van der Waals surface area (Å²) in [4.78, 5) is 22.1. The topological polar surface area (TPSA) is 101 Å². The zero-order chi connectivity index (χ0) is 12.6. The van der Waals surface area contributed by atoms with Gasteiger partial charge >= 0.3 is 19.3 Å². The van der Waals surface area contributed by atoms with Crippen molar-refractivity contribution in [3.05, 3.63) is 12.7 Å². The van der Waals surface area contributed by atoms with Gasteiger partial charge < -0.3 is 15.1 Å². The van der Waals surface area contributed by atoms with Crippen molar-refractivity contribution in [3.8, 4) is 0 Å². The Morgan fingerprint density at radius 1 is 1.67 bits per heavy atom. The van der Waals surface area contributed by atoms with Crippen molar-refractivity contribution in [2.45, 2.75) is 12.2 Å². The lowest BCUT2D eigenvalue weighted by molar-refractivity contribution is -0.178. The Balaban J connectivity index is 0. The molecule has 0 bridgehead atoms. The molecule has 0 aromatic heterocycles. The summed E-state index contributed by atoms with van der Waals surface area (Å²) >= 11 is 0. The molecule has 0 aromatic rings. The van der Waals surface area contributed by atoms with Gasteiger partial charge in [0.05, 0.1) is 6.61 Å². The van der Waals surface area contributed by atoms with Gasteiger partial charge in [0.25, 0.3) is 0 Å². The zero-order valence-electron chi connectivity index (χ0n) is 9.01. The van der Waals surface area contributed by atoms with E-state index in [1.54, 1.807) is 0 Å². The van der Waals surface area contributed by atoms with E-state index < -0.39 is 19.3 Å². The SMILES string of the molecule is C=CCO.CN(C)C(C)(C(=O)O)[P+](=O)[O-]. The first-order valence-electron chi connectivity index (χ1n) is 4.02. The maximum absolute atomic E-state index is 10.5. The van der Waals surface area contributed by atoms with E-state index in [0.717, 1.165) is 11.8 Å². The molecular weight excluding hydrogens is 221 g/mol. The third-order valence-corrected chi connectivity index (χ3v) is 3.06. The number of likely N-dealkylation sites (N-methyl/N-ethyl adjacent to an activating group) is 1. The fourth-order valence-corrected chi connectivity index (χ4v) is 0.915. The van der Waals surface area contributed by atoms with Gasteiger partial charge in [0.2, 0.25) is 0 Å². The maximum atomic E-state index is 10.5. The van der Waals surface area contributed by atoms with Crippen molar-refractivity contribution in [2.24, 2.45) is 0 Å². The molecule has 0 radical (unpaired) electrons. The molecule has 0 aliphatic carbocycles. The summed E-state index contributed by atoms with van der Waals surface area (Å²) in [6.45, 7) is 4.45. The van der Waals surface area contributed by atoms with Crippen molar-refractivity contribution in [1.82, 2.24) is 4.90 Å². The summed E-state index contributed by atoms with van der Waals surface area (Å²) < 4.78 is 10.5. The average molecular weight is 237 g/mol. The van der Waals surface area contributed by atoms with Gasteiger partial charge in [-0.1, -0.05) is 10.6 Å². The summed E-state index contributed by atoms with van der Waals surface area (Å²) in [5, 5.41) is 14.5. The molecule has 0 aliphatic rings. The second-order valence-corrected chi connectivity index (χ2v) is 4.33. The Hall–Kier alpha value is -0.810. The number of nitrogens with zero attached hydrogens (tertiary/aromatic N) is 1. The van der Waals surface area contributed by atoms with Crippen LogP contribution in [0, 0.1) is 0 Å². The highest BCUT2D eigenvalue weighted by molar-refractivity contribution is 7.39. The van der Waals surface area contributed by atoms with E-state index in [1.807, 2.05) is 0 Å². The molecule has 0 aliphatic heterocycles. The van der Waals surface area contributed by atoms with Crippen LogP contribution in [0.4, 0.5) is 0 Å². The van der Waals surface area contributed by atoms with Gasteiger partial charge in [-0.3, -0.25) is 4.90 Å². The summed E-state index contributed by atoms with van der Waals surface area (Å²) in [7, 11) is -0.194. The van der Waals surface area contributed by atoms with E-state index in [1.165, 1.54) is 20.2 Å². The molecule has 0 rings (SSSR count). The molecule has 2 N–H and O–H groups in total. The largest absolute Gasteiger partial charge is 0.594 e. The first-order chi connectivity index (χ1) is 6.74. The number of hydrogen-bond donors (Lipinski definition) is 2. The first-order valence-corrected chi connectivity index (χ1v) is 5.19. The number of carboxylic acid groups (broad SMARTS) is 1. The maximum Gasteiger partial charge on any atom is 0.374 e. The van der Waals surface area contributed by atoms with Crippen LogP contribution in [0.2, 0.25) is 0 Å². The summed E-state index contributed by atoms with van der Waals surface area (Å²) in [6.07, 6.45) is 1.43. The van der Waals surface area contributed by atoms with Gasteiger partial charge in [0.15, 0.2) is 0 Å². The van der Waals surface area contributed by atoms with E-state index in [9.17, 15) is 14.3 Å². The van der Waals surface area contributed by atoms with E-state index in [4.69, 9.17) is 10.2 Å². The molecule has 6 nitrogen and oxygen atoms in total. The van der Waals surface area contributed by atoms with Gasteiger partial charge in [-0.2, -0.15) is 0 Å². The molecule has 15 heavy (non-hydrogen) atoms. The smallest absolute Gasteiger partial charge is 0.374 e. The van der Waals surface area contributed by atoms with Crippen molar-refractivity contribution in [2.75, 3.05) is 20.7 Å². The Bertz CT molecular complexity index is 227. The predicted octanol–water partition coefficient (Wildman–Crippen LogP) is -0.384. The van der Waals surface area contributed by atoms with Crippen molar-refractivity contribution in [3.63, 3.8) is 0 Å². The van der Waals surface area contributed by atoms with E-state index >= 15 is 0 Å². The van der Waals surface area contributed by atoms with Crippen LogP contribution < -0.4 is 4.89 Å². The van der Waals surface area contributed by atoms with E-state index in [-0.39, 0.29) is 6.61 Å². The van der Waals surface area contributed by atoms with Crippen LogP contribution in [-0.4, -0.2) is 47.1 Å². The van der Waals surface area contributed by atoms with Crippen LogP contribution in [0.15, 0.2) is 12.7 Å². The Labute approximate surface area is 89.7 Å². The molecule has 2 atom stereocenters. The lowest BCUT2D eigenvalue weighted by atomic mass is 10.3. The van der Waals surface area contributed by atoms with Crippen molar-refractivity contribution < 1.29 is 24.5 Å². The van der Waals surface area contributed by atoms with Gasteiger partial charge in [-0.15, -0.1) is 6.58 Å². The third kappa shape index (κ3) is 4.99. The quantitative estimate of drug-likeness (QED) is 0.510. The van der Waals surface area contributed by atoms with E-state index in [2.05, 4.69) is 6.58 Å². The van der Waals surface area contributed by atoms with Gasteiger partial charge in [0, 0.05) is 6.92 Å². The lowest BCUT2D eigenvalue weighted by Gasteiger charge is -2.22. The van der Waals surface area contributed by atoms with Crippen molar-refractivity contribution in [1.29, 1.82) is 0 Å². The van der Waals surface area contributed by atoms with Gasteiger partial charge in [-0.05, 0) is 14.1 Å². The van der Waals surface area contributed by atoms with Crippen LogP contribution in [0.25, 0.3) is 0 Å². The van der Waals surface area contributed by atoms with Crippen LogP contribution in [0.1, 0.15) is 6.92 Å². The number of hydrogen-bond acceptors (Lipinski definition) is 5. The number of aliphatic carboxylic acids is 1. The minimum Gasteiger partial charge on any atom is -0.594 e. The number of aliphatic hydroxyl groups excluding tert-OH is 1. The highest BCUT2D eigenvalue weighted by Crippen LogP contribution is 2.33. The monoisotopic (exact) mass is 237 g/mol. The molecule has 0 aromatic carbocycles. The first kappa shape index (κ1) is 16.6.